The molecular formula is C17H17F4N3OS. The quantitative estimate of drug-likeness (QED) is 0.465. The number of carbonyl (C=O) groups excluding carboxylic acids is 1. The van der Waals surface area contributed by atoms with Crippen molar-refractivity contribution in [1.29, 1.82) is 0 Å². The highest BCUT2D eigenvalue weighted by molar-refractivity contribution is 7.98. The minimum absolute atomic E-state index is 0.0440. The van der Waals surface area contributed by atoms with Gasteiger partial charge in [0.05, 0.1) is 5.56 Å². The monoisotopic (exact) mass is 387 g/mol. The number of hydrogen-bond donors (Lipinski definition) is 1. The summed E-state index contributed by atoms with van der Waals surface area (Å²) in [5.74, 6) is -1.86. The van der Waals surface area contributed by atoms with Crippen LogP contribution in [0.1, 0.15) is 28.9 Å². The predicted molar refractivity (Wildman–Crippen MR) is 91.6 cm³/mol. The molecule has 0 spiro atoms. The largest absolute Gasteiger partial charge is 0.419 e. The van der Waals surface area contributed by atoms with E-state index in [1.54, 1.807) is 0 Å². The van der Waals surface area contributed by atoms with Crippen molar-refractivity contribution in [3.05, 3.63) is 46.5 Å². The Bertz CT molecular complexity index is 801. The molecule has 2 rings (SSSR count). The van der Waals surface area contributed by atoms with Crippen molar-refractivity contribution in [2.75, 3.05) is 11.6 Å². The third kappa shape index (κ3) is 4.94. The van der Waals surface area contributed by atoms with E-state index in [9.17, 15) is 22.4 Å². The Hall–Kier alpha value is -2.16. The fourth-order valence-corrected chi connectivity index (χ4v) is 2.90. The summed E-state index contributed by atoms with van der Waals surface area (Å²) in [6, 6.07) is 2.36. The van der Waals surface area contributed by atoms with Crippen LogP contribution in [0.3, 0.4) is 0 Å². The molecule has 1 amide bonds. The van der Waals surface area contributed by atoms with Crippen molar-refractivity contribution in [1.82, 2.24) is 9.97 Å². The Balaban J connectivity index is 2.06. The van der Waals surface area contributed by atoms with Gasteiger partial charge in [-0.15, -0.1) is 0 Å². The smallest absolute Gasteiger partial charge is 0.326 e. The van der Waals surface area contributed by atoms with E-state index >= 15 is 0 Å². The van der Waals surface area contributed by atoms with E-state index in [0.29, 0.717) is 23.7 Å². The Kier molecular flexibility index (Phi) is 6.22. The van der Waals surface area contributed by atoms with Crippen LogP contribution in [-0.4, -0.2) is 22.1 Å². The molecule has 0 unspecified atom stereocenters. The minimum atomic E-state index is -4.82. The van der Waals surface area contributed by atoms with E-state index in [2.05, 4.69) is 15.3 Å². The number of amides is 1. The van der Waals surface area contributed by atoms with Crippen molar-refractivity contribution in [3.63, 3.8) is 0 Å². The summed E-state index contributed by atoms with van der Waals surface area (Å²) in [6.45, 7) is 3.63. The molecule has 0 saturated carbocycles. The maximum Gasteiger partial charge on any atom is 0.419 e. The fraction of sp³-hybridized carbons (Fsp3) is 0.353. The van der Waals surface area contributed by atoms with Crippen LogP contribution in [0.4, 0.5) is 23.2 Å². The number of anilines is 1. The van der Waals surface area contributed by atoms with Crippen LogP contribution < -0.4 is 5.32 Å². The summed E-state index contributed by atoms with van der Waals surface area (Å²) in [5, 5.41) is 3.00. The SMILES string of the molecule is CSc1nc(C)c(CCC(=O)Nc2ccc(F)c(C(F)(F)F)c2)c(C)n1. The molecule has 1 heterocycles. The Morgan fingerprint density at radius 2 is 1.81 bits per heavy atom. The first-order chi connectivity index (χ1) is 12.1. The van der Waals surface area contributed by atoms with E-state index in [-0.39, 0.29) is 12.1 Å². The molecule has 0 bridgehead atoms. The highest BCUT2D eigenvalue weighted by Crippen LogP contribution is 2.33. The first kappa shape index (κ1) is 20.2. The van der Waals surface area contributed by atoms with Crippen LogP contribution in [0.2, 0.25) is 0 Å². The zero-order valence-corrected chi connectivity index (χ0v) is 15.2. The zero-order chi connectivity index (χ0) is 19.5. The number of hydrogen-bond acceptors (Lipinski definition) is 4. The van der Waals surface area contributed by atoms with Gasteiger partial charge in [-0.1, -0.05) is 11.8 Å². The third-order valence-electron chi connectivity index (χ3n) is 3.74. The topological polar surface area (TPSA) is 54.9 Å². The maximum atomic E-state index is 13.3. The Labute approximate surface area is 152 Å². The number of aryl methyl sites for hydroxylation is 2. The molecule has 1 aromatic carbocycles. The summed E-state index contributed by atoms with van der Waals surface area (Å²) < 4.78 is 51.4. The molecule has 0 aliphatic carbocycles. The van der Waals surface area contributed by atoms with Crippen molar-refractivity contribution in [2.24, 2.45) is 0 Å². The molecule has 0 radical (unpaired) electrons. The van der Waals surface area contributed by atoms with Gasteiger partial charge in [0.2, 0.25) is 5.91 Å². The molecular weight excluding hydrogens is 370 g/mol. The van der Waals surface area contributed by atoms with E-state index in [0.717, 1.165) is 23.0 Å². The summed E-state index contributed by atoms with van der Waals surface area (Å²) >= 11 is 1.41. The highest BCUT2D eigenvalue weighted by Gasteiger charge is 2.34. The van der Waals surface area contributed by atoms with E-state index in [4.69, 9.17) is 0 Å². The van der Waals surface area contributed by atoms with Gasteiger partial charge in [-0.25, -0.2) is 14.4 Å². The summed E-state index contributed by atoms with van der Waals surface area (Å²) in [6.07, 6.45) is -2.57. The number of carbonyl (C=O) groups is 1. The fourth-order valence-electron chi connectivity index (χ4n) is 2.44. The molecule has 1 N–H and O–H groups in total. The van der Waals surface area contributed by atoms with E-state index in [1.807, 2.05) is 20.1 Å². The van der Waals surface area contributed by atoms with Gasteiger partial charge in [-0.2, -0.15) is 13.2 Å². The number of alkyl halides is 3. The number of nitrogens with one attached hydrogen (secondary N) is 1. The third-order valence-corrected chi connectivity index (χ3v) is 4.29. The molecule has 1 aromatic heterocycles. The second kappa shape index (κ2) is 8.03. The molecule has 4 nitrogen and oxygen atoms in total. The van der Waals surface area contributed by atoms with Crippen LogP contribution in [0.25, 0.3) is 0 Å². The van der Waals surface area contributed by atoms with E-state index < -0.39 is 23.5 Å². The van der Waals surface area contributed by atoms with Gasteiger partial charge < -0.3 is 5.32 Å². The molecule has 0 aliphatic heterocycles. The highest BCUT2D eigenvalue weighted by atomic mass is 32.2. The Morgan fingerprint density at radius 1 is 1.19 bits per heavy atom. The van der Waals surface area contributed by atoms with Crippen LogP contribution in [-0.2, 0) is 17.4 Å². The predicted octanol–water partition coefficient (Wildman–Crippen LogP) is 4.54. The molecule has 26 heavy (non-hydrogen) atoms. The van der Waals surface area contributed by atoms with E-state index in [1.165, 1.54) is 11.8 Å². The first-order valence-corrected chi connectivity index (χ1v) is 8.89. The number of benzene rings is 1. The average Bonchev–Trinajstić information content (AvgIpc) is 2.54. The lowest BCUT2D eigenvalue weighted by molar-refractivity contribution is -0.140. The van der Waals surface area contributed by atoms with Crippen molar-refractivity contribution in [2.45, 2.75) is 38.0 Å². The molecule has 9 heteroatoms. The normalized spacial score (nSPS) is 11.5. The second-order valence-electron chi connectivity index (χ2n) is 5.60. The van der Waals surface area contributed by atoms with Gasteiger partial charge in [0, 0.05) is 23.5 Å². The molecule has 2 aromatic rings. The van der Waals surface area contributed by atoms with Crippen LogP contribution in [0, 0.1) is 19.7 Å². The zero-order valence-electron chi connectivity index (χ0n) is 14.4. The lowest BCUT2D eigenvalue weighted by Crippen LogP contribution is -2.15. The van der Waals surface area contributed by atoms with Gasteiger partial charge >= 0.3 is 6.18 Å². The lowest BCUT2D eigenvalue weighted by Gasteiger charge is -2.12. The van der Waals surface area contributed by atoms with Gasteiger partial charge in [-0.05, 0) is 50.3 Å². The summed E-state index contributed by atoms with van der Waals surface area (Å²) in [5.41, 5.74) is 0.828. The molecule has 0 atom stereocenters. The molecule has 0 aliphatic rings. The standard InChI is InChI=1S/C17H17F4N3OS/c1-9-12(10(2)23-16(22-9)26-3)5-7-15(25)24-11-4-6-14(18)13(8-11)17(19,20)21/h4,6,8H,5,7H2,1-3H3,(H,24,25). The lowest BCUT2D eigenvalue weighted by atomic mass is 10.1. The van der Waals surface area contributed by atoms with Crippen LogP contribution in [0.5, 0.6) is 0 Å². The number of nitrogens with zero attached hydrogens (tertiary/aromatic N) is 2. The number of rotatable bonds is 5. The molecule has 140 valence electrons. The first-order valence-electron chi connectivity index (χ1n) is 7.66. The average molecular weight is 387 g/mol. The van der Waals surface area contributed by atoms with Crippen LogP contribution in [0.15, 0.2) is 23.4 Å². The van der Waals surface area contributed by atoms with Gasteiger partial charge in [0.15, 0.2) is 5.16 Å². The summed E-state index contributed by atoms with van der Waals surface area (Å²) in [4.78, 5) is 20.7. The Morgan fingerprint density at radius 3 is 2.35 bits per heavy atom. The number of aromatic nitrogens is 2. The molecule has 0 saturated heterocycles. The second-order valence-corrected chi connectivity index (χ2v) is 6.37. The molecule has 0 fully saturated rings. The van der Waals surface area contributed by atoms with Crippen molar-refractivity contribution >= 4 is 23.4 Å². The van der Waals surface area contributed by atoms with Gasteiger partial charge in [-0.3, -0.25) is 4.79 Å². The van der Waals surface area contributed by atoms with Gasteiger partial charge in [0.25, 0.3) is 0 Å². The number of halogens is 4. The number of thioether (sulfide) groups is 1. The van der Waals surface area contributed by atoms with Crippen LogP contribution >= 0.6 is 11.8 Å². The maximum absolute atomic E-state index is 13.3. The van der Waals surface area contributed by atoms with Crippen molar-refractivity contribution < 1.29 is 22.4 Å². The van der Waals surface area contributed by atoms with Gasteiger partial charge in [0.1, 0.15) is 5.82 Å². The van der Waals surface area contributed by atoms with Crippen molar-refractivity contribution in [3.8, 4) is 0 Å². The minimum Gasteiger partial charge on any atom is -0.326 e. The summed E-state index contributed by atoms with van der Waals surface area (Å²) in [7, 11) is 0.